The van der Waals surface area contributed by atoms with Crippen LogP contribution in [0.3, 0.4) is 0 Å². The van der Waals surface area contributed by atoms with Crippen LogP contribution in [0.1, 0.15) is 38.8 Å². The highest BCUT2D eigenvalue weighted by molar-refractivity contribution is 6.41. The number of allylic oxidation sites excluding steroid dienone is 1. The molecule has 0 aromatic heterocycles. The molecule has 1 aliphatic carbocycles. The second-order valence-corrected chi connectivity index (χ2v) is 8.13. The minimum atomic E-state index is -0.353. The van der Waals surface area contributed by atoms with Crippen molar-refractivity contribution < 1.29 is 23.9 Å². The predicted molar refractivity (Wildman–Crippen MR) is 131 cm³/mol. The highest BCUT2D eigenvalue weighted by atomic mass is 35.5. The number of Topliss-reactive ketones (excluding diaryl/α,β-unsaturated/α-hetero) is 2. The zero-order valence-corrected chi connectivity index (χ0v) is 19.4. The maximum absolute atomic E-state index is 12.7. The summed E-state index contributed by atoms with van der Waals surface area (Å²) in [7, 11) is 0. The molecule has 34 heavy (non-hydrogen) atoms. The molecule has 7 heteroatoms. The Morgan fingerprint density at radius 1 is 0.971 bits per heavy atom. The molecule has 0 spiro atoms. The molecule has 0 fully saturated rings. The number of hydrogen-bond acceptors (Lipinski definition) is 5. The van der Waals surface area contributed by atoms with Gasteiger partial charge in [0.2, 0.25) is 0 Å². The summed E-state index contributed by atoms with van der Waals surface area (Å²) in [5.74, 6) is -0.503. The first kappa shape index (κ1) is 23.3. The van der Waals surface area contributed by atoms with Gasteiger partial charge in [-0.3, -0.25) is 14.4 Å². The molecule has 3 aromatic carbocycles. The van der Waals surface area contributed by atoms with Crippen LogP contribution in [0, 0.1) is 6.92 Å². The standard InChI is InChI=1S/C27H22ClNO5/c1-3-33-23-14-17(12-21-25(31)19-6-4-5-7-20(19)26(21)32)13-22(28)27(23)34-15-24(30)29-18-10-8-16(2)9-11-18/h4-14H,3,15H2,1-2H3,(H,29,30). The summed E-state index contributed by atoms with van der Waals surface area (Å²) >= 11 is 6.44. The summed E-state index contributed by atoms with van der Waals surface area (Å²) < 4.78 is 11.3. The third-order valence-corrected chi connectivity index (χ3v) is 5.51. The molecule has 1 N–H and O–H groups in total. The minimum Gasteiger partial charge on any atom is -0.490 e. The number of amides is 1. The summed E-state index contributed by atoms with van der Waals surface area (Å²) in [5.41, 5.74) is 3.08. The Balaban J connectivity index is 1.54. The molecule has 0 atom stereocenters. The number of anilines is 1. The average Bonchev–Trinajstić information content (AvgIpc) is 3.05. The number of ether oxygens (including phenoxy) is 2. The highest BCUT2D eigenvalue weighted by Gasteiger charge is 2.32. The molecule has 1 aliphatic rings. The number of fused-ring (bicyclic) bond motifs is 1. The zero-order chi connectivity index (χ0) is 24.2. The van der Waals surface area contributed by atoms with Gasteiger partial charge < -0.3 is 14.8 Å². The molecular weight excluding hydrogens is 454 g/mol. The first-order valence-corrected chi connectivity index (χ1v) is 11.1. The van der Waals surface area contributed by atoms with Gasteiger partial charge in [-0.05, 0) is 49.8 Å². The van der Waals surface area contributed by atoms with Crippen molar-refractivity contribution in [2.24, 2.45) is 0 Å². The van der Waals surface area contributed by atoms with Gasteiger partial charge in [0.25, 0.3) is 5.91 Å². The van der Waals surface area contributed by atoms with E-state index in [-0.39, 0.29) is 40.4 Å². The van der Waals surface area contributed by atoms with Crippen LogP contribution in [0.15, 0.2) is 66.2 Å². The lowest BCUT2D eigenvalue weighted by atomic mass is 10.1. The van der Waals surface area contributed by atoms with E-state index in [0.717, 1.165) is 5.56 Å². The number of aryl methyl sites for hydroxylation is 1. The van der Waals surface area contributed by atoms with Gasteiger partial charge in [-0.25, -0.2) is 0 Å². The third-order valence-electron chi connectivity index (χ3n) is 5.23. The van der Waals surface area contributed by atoms with Crippen LogP contribution in [-0.4, -0.2) is 30.7 Å². The fourth-order valence-corrected chi connectivity index (χ4v) is 3.89. The van der Waals surface area contributed by atoms with E-state index in [9.17, 15) is 14.4 Å². The molecule has 0 bridgehead atoms. The number of nitrogens with one attached hydrogen (secondary N) is 1. The molecule has 6 nitrogen and oxygen atoms in total. The van der Waals surface area contributed by atoms with Crippen LogP contribution in [0.5, 0.6) is 11.5 Å². The van der Waals surface area contributed by atoms with Crippen LogP contribution >= 0.6 is 11.6 Å². The van der Waals surface area contributed by atoms with Gasteiger partial charge >= 0.3 is 0 Å². The number of carbonyl (C=O) groups excluding carboxylic acids is 3. The van der Waals surface area contributed by atoms with E-state index in [4.69, 9.17) is 21.1 Å². The van der Waals surface area contributed by atoms with Crippen molar-refractivity contribution in [3.63, 3.8) is 0 Å². The molecule has 0 unspecified atom stereocenters. The lowest BCUT2D eigenvalue weighted by molar-refractivity contribution is -0.118. The van der Waals surface area contributed by atoms with Crippen LogP contribution in [-0.2, 0) is 4.79 Å². The monoisotopic (exact) mass is 475 g/mol. The minimum absolute atomic E-state index is 0.0610. The lowest BCUT2D eigenvalue weighted by Crippen LogP contribution is -2.20. The Labute approximate surface area is 202 Å². The molecule has 0 heterocycles. The normalized spacial score (nSPS) is 12.4. The maximum atomic E-state index is 12.7. The van der Waals surface area contributed by atoms with Gasteiger partial charge in [0, 0.05) is 16.8 Å². The fourth-order valence-electron chi connectivity index (χ4n) is 3.62. The molecule has 0 saturated carbocycles. The predicted octanol–water partition coefficient (Wildman–Crippen LogP) is 5.53. The van der Waals surface area contributed by atoms with E-state index < -0.39 is 0 Å². The van der Waals surface area contributed by atoms with Crippen LogP contribution in [0.25, 0.3) is 6.08 Å². The van der Waals surface area contributed by atoms with E-state index in [2.05, 4.69) is 5.32 Å². The zero-order valence-electron chi connectivity index (χ0n) is 18.7. The maximum Gasteiger partial charge on any atom is 0.262 e. The van der Waals surface area contributed by atoms with E-state index in [1.54, 1.807) is 55.5 Å². The number of carbonyl (C=O) groups is 3. The molecule has 0 radical (unpaired) electrons. The Kier molecular flexibility index (Phi) is 6.80. The Morgan fingerprint density at radius 3 is 2.24 bits per heavy atom. The van der Waals surface area contributed by atoms with E-state index in [1.165, 1.54) is 6.08 Å². The first-order chi connectivity index (χ1) is 16.4. The summed E-state index contributed by atoms with van der Waals surface area (Å²) in [4.78, 5) is 37.7. The van der Waals surface area contributed by atoms with E-state index in [1.807, 2.05) is 19.1 Å². The van der Waals surface area contributed by atoms with Crippen molar-refractivity contribution in [3.8, 4) is 11.5 Å². The molecule has 0 aliphatic heterocycles. The Bertz CT molecular complexity index is 1270. The summed E-state index contributed by atoms with van der Waals surface area (Å²) in [6.07, 6.45) is 1.49. The van der Waals surface area contributed by atoms with Gasteiger partial charge in [-0.1, -0.05) is 53.6 Å². The number of ketones is 2. The van der Waals surface area contributed by atoms with Gasteiger partial charge in [-0.15, -0.1) is 0 Å². The van der Waals surface area contributed by atoms with Crippen molar-refractivity contribution in [3.05, 3.63) is 93.5 Å². The van der Waals surface area contributed by atoms with Gasteiger partial charge in [0.05, 0.1) is 17.2 Å². The van der Waals surface area contributed by atoms with Crippen molar-refractivity contribution in [1.82, 2.24) is 0 Å². The van der Waals surface area contributed by atoms with Gasteiger partial charge in [0.15, 0.2) is 29.7 Å². The number of benzene rings is 3. The molecule has 172 valence electrons. The van der Waals surface area contributed by atoms with Crippen LogP contribution in [0.4, 0.5) is 5.69 Å². The third kappa shape index (κ3) is 4.87. The fraction of sp³-hybridized carbons (Fsp3) is 0.148. The highest BCUT2D eigenvalue weighted by Crippen LogP contribution is 2.38. The SMILES string of the molecule is CCOc1cc(C=C2C(=O)c3ccccc3C2=O)cc(Cl)c1OCC(=O)Nc1ccc(C)cc1. The second kappa shape index (κ2) is 9.93. The number of halogens is 1. The summed E-state index contributed by atoms with van der Waals surface area (Å²) in [5, 5.41) is 2.95. The van der Waals surface area contributed by atoms with Gasteiger partial charge in [-0.2, -0.15) is 0 Å². The molecule has 1 amide bonds. The van der Waals surface area contributed by atoms with Crippen molar-refractivity contribution in [2.45, 2.75) is 13.8 Å². The smallest absolute Gasteiger partial charge is 0.262 e. The Hall–Kier alpha value is -3.90. The second-order valence-electron chi connectivity index (χ2n) is 7.73. The first-order valence-electron chi connectivity index (χ1n) is 10.7. The number of rotatable bonds is 7. The molecular formula is C27H22ClNO5. The quantitative estimate of drug-likeness (QED) is 0.359. The van der Waals surface area contributed by atoms with Crippen molar-refractivity contribution in [1.29, 1.82) is 0 Å². The molecule has 4 rings (SSSR count). The number of hydrogen-bond donors (Lipinski definition) is 1. The average molecular weight is 476 g/mol. The molecule has 3 aromatic rings. The largest absolute Gasteiger partial charge is 0.490 e. The van der Waals surface area contributed by atoms with E-state index in [0.29, 0.717) is 34.7 Å². The topological polar surface area (TPSA) is 81.7 Å². The summed E-state index contributed by atoms with van der Waals surface area (Å²) in [6, 6.07) is 17.3. The van der Waals surface area contributed by atoms with Crippen molar-refractivity contribution >= 4 is 40.8 Å². The Morgan fingerprint density at radius 2 is 1.62 bits per heavy atom. The van der Waals surface area contributed by atoms with Crippen molar-refractivity contribution in [2.75, 3.05) is 18.5 Å². The van der Waals surface area contributed by atoms with E-state index >= 15 is 0 Å². The van der Waals surface area contributed by atoms with Crippen LogP contribution in [0.2, 0.25) is 5.02 Å². The van der Waals surface area contributed by atoms with Crippen LogP contribution < -0.4 is 14.8 Å². The van der Waals surface area contributed by atoms with Gasteiger partial charge in [0.1, 0.15) is 0 Å². The molecule has 0 saturated heterocycles. The lowest BCUT2D eigenvalue weighted by Gasteiger charge is -2.14. The summed E-state index contributed by atoms with van der Waals surface area (Å²) in [6.45, 7) is 3.81.